The van der Waals surface area contributed by atoms with E-state index in [-0.39, 0.29) is 5.92 Å². The van der Waals surface area contributed by atoms with E-state index in [9.17, 15) is 9.90 Å². The van der Waals surface area contributed by atoms with Crippen molar-refractivity contribution in [3.05, 3.63) is 41.2 Å². The van der Waals surface area contributed by atoms with Gasteiger partial charge in [0.2, 0.25) is 0 Å². The summed E-state index contributed by atoms with van der Waals surface area (Å²) in [7, 11) is 0. The SMILES string of the molecule is O=C(O)[C@@H]1CN(Cc2cnc(N3CCOCC3)s2)C[C@H]1c1ccccn1. The van der Waals surface area contributed by atoms with E-state index in [1.807, 2.05) is 24.4 Å². The Balaban J connectivity index is 1.44. The highest BCUT2D eigenvalue weighted by atomic mass is 32.1. The molecule has 2 aliphatic rings. The van der Waals surface area contributed by atoms with Gasteiger partial charge in [-0.2, -0.15) is 0 Å². The quantitative estimate of drug-likeness (QED) is 0.853. The third-order valence-corrected chi connectivity index (χ3v) is 6.03. The number of hydrogen-bond donors (Lipinski definition) is 1. The van der Waals surface area contributed by atoms with Crippen LogP contribution in [0.1, 0.15) is 16.5 Å². The fraction of sp³-hybridized carbons (Fsp3) is 0.500. The molecular formula is C18H22N4O3S. The maximum atomic E-state index is 11.7. The van der Waals surface area contributed by atoms with Gasteiger partial charge in [-0.1, -0.05) is 6.07 Å². The normalized spacial score (nSPS) is 24.1. The highest BCUT2D eigenvalue weighted by Crippen LogP contribution is 2.34. The number of rotatable bonds is 5. The van der Waals surface area contributed by atoms with Crippen LogP contribution in [0.2, 0.25) is 0 Å². The van der Waals surface area contributed by atoms with E-state index in [1.54, 1.807) is 17.5 Å². The molecule has 0 spiro atoms. The maximum absolute atomic E-state index is 11.7. The first-order valence-corrected chi connectivity index (χ1v) is 9.66. The van der Waals surface area contributed by atoms with Gasteiger partial charge in [-0.05, 0) is 12.1 Å². The minimum absolute atomic E-state index is 0.0691. The van der Waals surface area contributed by atoms with Crippen molar-refractivity contribution in [2.45, 2.75) is 12.5 Å². The summed E-state index contributed by atoms with van der Waals surface area (Å²) >= 11 is 1.69. The third-order valence-electron chi connectivity index (χ3n) is 4.98. The topological polar surface area (TPSA) is 78.8 Å². The molecule has 2 saturated heterocycles. The lowest BCUT2D eigenvalue weighted by Crippen LogP contribution is -2.36. The summed E-state index contributed by atoms with van der Waals surface area (Å²) < 4.78 is 5.39. The molecule has 0 aromatic carbocycles. The van der Waals surface area contributed by atoms with Crippen LogP contribution in [-0.4, -0.2) is 65.3 Å². The van der Waals surface area contributed by atoms with Crippen molar-refractivity contribution in [2.24, 2.45) is 5.92 Å². The number of likely N-dealkylation sites (tertiary alicyclic amines) is 1. The van der Waals surface area contributed by atoms with Crippen LogP contribution in [0.15, 0.2) is 30.6 Å². The number of hydrogen-bond acceptors (Lipinski definition) is 7. The monoisotopic (exact) mass is 374 g/mol. The summed E-state index contributed by atoms with van der Waals surface area (Å²) in [6, 6.07) is 5.70. The van der Waals surface area contributed by atoms with Crippen molar-refractivity contribution >= 4 is 22.4 Å². The fourth-order valence-electron chi connectivity index (χ4n) is 3.65. The highest BCUT2D eigenvalue weighted by molar-refractivity contribution is 7.15. The summed E-state index contributed by atoms with van der Waals surface area (Å²) in [5, 5.41) is 10.6. The van der Waals surface area contributed by atoms with Crippen LogP contribution < -0.4 is 4.90 Å². The van der Waals surface area contributed by atoms with Crippen molar-refractivity contribution < 1.29 is 14.6 Å². The molecule has 0 bridgehead atoms. The second-order valence-corrected chi connectivity index (χ2v) is 7.80. The smallest absolute Gasteiger partial charge is 0.308 e. The molecule has 1 N–H and O–H groups in total. The Labute approximate surface area is 156 Å². The summed E-state index contributed by atoms with van der Waals surface area (Å²) in [5.74, 6) is -1.24. The number of thiazole rings is 1. The molecule has 2 aliphatic heterocycles. The molecule has 2 atom stereocenters. The van der Waals surface area contributed by atoms with Gasteiger partial charge in [0, 0.05) is 61.6 Å². The van der Waals surface area contributed by atoms with Crippen molar-refractivity contribution in [3.63, 3.8) is 0 Å². The Morgan fingerprint density at radius 3 is 2.85 bits per heavy atom. The van der Waals surface area contributed by atoms with E-state index < -0.39 is 11.9 Å². The zero-order valence-corrected chi connectivity index (χ0v) is 15.3. The minimum Gasteiger partial charge on any atom is -0.481 e. The average molecular weight is 374 g/mol. The Bertz CT molecular complexity index is 748. The van der Waals surface area contributed by atoms with Gasteiger partial charge in [0.1, 0.15) is 0 Å². The molecule has 4 rings (SSSR count). The molecule has 8 heteroatoms. The van der Waals surface area contributed by atoms with E-state index in [0.29, 0.717) is 13.1 Å². The van der Waals surface area contributed by atoms with Gasteiger partial charge in [-0.3, -0.25) is 14.7 Å². The summed E-state index contributed by atoms with van der Waals surface area (Å²) in [6.45, 7) is 5.22. The minimum atomic E-state index is -0.749. The molecule has 138 valence electrons. The number of carbonyl (C=O) groups is 1. The van der Waals surface area contributed by atoms with Crippen LogP contribution in [0.3, 0.4) is 0 Å². The zero-order valence-electron chi connectivity index (χ0n) is 14.5. The molecule has 0 amide bonds. The van der Waals surface area contributed by atoms with Gasteiger partial charge in [-0.25, -0.2) is 4.98 Å². The second-order valence-electron chi connectivity index (χ2n) is 6.71. The van der Waals surface area contributed by atoms with Gasteiger partial charge >= 0.3 is 5.97 Å². The number of aromatic nitrogens is 2. The number of nitrogens with zero attached hydrogens (tertiary/aromatic N) is 4. The lowest BCUT2D eigenvalue weighted by molar-refractivity contribution is -0.141. The maximum Gasteiger partial charge on any atom is 0.308 e. The molecule has 0 unspecified atom stereocenters. The third kappa shape index (κ3) is 3.72. The molecule has 7 nitrogen and oxygen atoms in total. The molecular weight excluding hydrogens is 352 g/mol. The van der Waals surface area contributed by atoms with E-state index >= 15 is 0 Å². The van der Waals surface area contributed by atoms with E-state index in [1.165, 1.54) is 0 Å². The van der Waals surface area contributed by atoms with Crippen molar-refractivity contribution in [3.8, 4) is 0 Å². The van der Waals surface area contributed by atoms with Crippen LogP contribution in [0.25, 0.3) is 0 Å². The van der Waals surface area contributed by atoms with Crippen molar-refractivity contribution in [1.29, 1.82) is 0 Å². The van der Waals surface area contributed by atoms with E-state index in [2.05, 4.69) is 19.8 Å². The summed E-state index contributed by atoms with van der Waals surface area (Å²) in [6.07, 6.45) is 3.65. The standard InChI is InChI=1S/C18H22N4O3S/c23-17(24)15-12-21(11-14(15)16-3-1-2-4-19-16)10-13-9-20-18(26-13)22-5-7-25-8-6-22/h1-4,9,14-15H,5-8,10-12H2,(H,23,24)/t14-,15-/m1/s1. The Hall–Kier alpha value is -2.03. The van der Waals surface area contributed by atoms with Crippen molar-refractivity contribution in [2.75, 3.05) is 44.3 Å². The number of ether oxygens (including phenoxy) is 1. The number of aliphatic carboxylic acids is 1. The number of carboxylic acids is 1. The van der Waals surface area contributed by atoms with Crippen LogP contribution in [0.5, 0.6) is 0 Å². The number of carboxylic acid groups (broad SMARTS) is 1. The summed E-state index contributed by atoms with van der Waals surface area (Å²) in [5.41, 5.74) is 0.862. The molecule has 2 fully saturated rings. The largest absolute Gasteiger partial charge is 0.481 e. The van der Waals surface area contributed by atoms with Crippen LogP contribution in [0.4, 0.5) is 5.13 Å². The predicted octanol–water partition coefficient (Wildman–Crippen LogP) is 1.67. The number of pyridine rings is 1. The lowest BCUT2D eigenvalue weighted by Gasteiger charge is -2.26. The van der Waals surface area contributed by atoms with Gasteiger partial charge < -0.3 is 14.7 Å². The summed E-state index contributed by atoms with van der Waals surface area (Å²) in [4.78, 5) is 26.3. The Morgan fingerprint density at radius 2 is 2.12 bits per heavy atom. The Kier molecular flexibility index (Phi) is 5.14. The van der Waals surface area contributed by atoms with E-state index in [4.69, 9.17) is 4.74 Å². The molecule has 0 radical (unpaired) electrons. The molecule has 0 aliphatic carbocycles. The average Bonchev–Trinajstić information content (AvgIpc) is 3.31. The molecule has 2 aromatic heterocycles. The van der Waals surface area contributed by atoms with Crippen LogP contribution >= 0.6 is 11.3 Å². The first-order valence-electron chi connectivity index (χ1n) is 8.84. The first kappa shape index (κ1) is 17.4. The molecule has 0 saturated carbocycles. The first-order chi connectivity index (χ1) is 12.7. The van der Waals surface area contributed by atoms with E-state index in [0.717, 1.165) is 48.6 Å². The molecule has 4 heterocycles. The van der Waals surface area contributed by atoms with Gasteiger partial charge in [-0.15, -0.1) is 11.3 Å². The lowest BCUT2D eigenvalue weighted by atomic mass is 9.93. The molecule has 26 heavy (non-hydrogen) atoms. The second kappa shape index (κ2) is 7.69. The van der Waals surface area contributed by atoms with Gasteiger partial charge in [0.15, 0.2) is 5.13 Å². The van der Waals surface area contributed by atoms with Crippen LogP contribution in [0, 0.1) is 5.92 Å². The zero-order chi connectivity index (χ0) is 17.9. The highest BCUT2D eigenvalue weighted by Gasteiger charge is 2.39. The van der Waals surface area contributed by atoms with Gasteiger partial charge in [0.25, 0.3) is 0 Å². The predicted molar refractivity (Wildman–Crippen MR) is 98.5 cm³/mol. The molecule has 2 aromatic rings. The van der Waals surface area contributed by atoms with Gasteiger partial charge in [0.05, 0.1) is 19.1 Å². The number of morpholine rings is 1. The fourth-order valence-corrected chi connectivity index (χ4v) is 4.66. The Morgan fingerprint density at radius 1 is 1.27 bits per heavy atom. The van der Waals surface area contributed by atoms with Crippen molar-refractivity contribution in [1.82, 2.24) is 14.9 Å². The number of anilines is 1. The van der Waals surface area contributed by atoms with Crippen LogP contribution in [-0.2, 0) is 16.1 Å².